The lowest BCUT2D eigenvalue weighted by Crippen LogP contribution is -3.11. The van der Waals surface area contributed by atoms with Crippen LogP contribution >= 0.6 is 0 Å². The van der Waals surface area contributed by atoms with E-state index in [-0.39, 0.29) is 11.1 Å². The van der Waals surface area contributed by atoms with E-state index in [4.69, 9.17) is 4.98 Å². The van der Waals surface area contributed by atoms with Gasteiger partial charge in [0, 0.05) is 22.1 Å². The van der Waals surface area contributed by atoms with Gasteiger partial charge in [0.1, 0.15) is 13.1 Å². The number of nitrogens with one attached hydrogen (secondary N) is 1. The first-order chi connectivity index (χ1) is 14.0. The predicted molar refractivity (Wildman–Crippen MR) is 105 cm³/mol. The first kappa shape index (κ1) is 18.8. The Morgan fingerprint density at radius 2 is 1.76 bits per heavy atom. The number of nitrogens with zero attached hydrogens (tertiary/aromatic N) is 1. The Bertz CT molecular complexity index is 1150. The quantitative estimate of drug-likeness (QED) is 0.675. The summed E-state index contributed by atoms with van der Waals surface area (Å²) in [6.07, 6.45) is 1.94. The maximum atomic E-state index is 12.0. The van der Waals surface area contributed by atoms with Crippen LogP contribution in [0.15, 0.2) is 48.5 Å². The third-order valence-corrected chi connectivity index (χ3v) is 5.36. The molecule has 1 atom stereocenters. The fraction of sp³-hybridized carbons (Fsp3) is 0.174. The number of likely N-dealkylation sites (N-methyl/N-ethyl adjacent to an activating group) is 1. The topological polar surface area (TPSA) is 97.6 Å². The summed E-state index contributed by atoms with van der Waals surface area (Å²) in [7, 11) is 0. The lowest BCUT2D eigenvalue weighted by atomic mass is 9.92. The third kappa shape index (κ3) is 3.50. The maximum Gasteiger partial charge on any atom is 0.106 e. The van der Waals surface area contributed by atoms with Crippen molar-refractivity contribution in [1.82, 2.24) is 4.98 Å². The van der Waals surface area contributed by atoms with Gasteiger partial charge in [-0.1, -0.05) is 42.5 Å². The van der Waals surface area contributed by atoms with Crippen molar-refractivity contribution in [3.63, 3.8) is 0 Å². The van der Waals surface area contributed by atoms with Crippen LogP contribution in [-0.4, -0.2) is 30.0 Å². The van der Waals surface area contributed by atoms with Gasteiger partial charge < -0.3 is 24.7 Å². The molecular weight excluding hydrogens is 368 g/mol. The molecule has 0 saturated heterocycles. The Hall–Kier alpha value is -3.51. The highest BCUT2D eigenvalue weighted by molar-refractivity contribution is 6.05. The van der Waals surface area contributed by atoms with Crippen LogP contribution in [0.25, 0.3) is 22.6 Å². The molecule has 4 rings (SSSR count). The van der Waals surface area contributed by atoms with Gasteiger partial charge in [0.05, 0.1) is 29.7 Å². The minimum atomic E-state index is -1.22. The number of aromatic nitrogens is 1. The van der Waals surface area contributed by atoms with Crippen molar-refractivity contribution in [2.45, 2.75) is 13.5 Å². The van der Waals surface area contributed by atoms with Crippen LogP contribution in [0.5, 0.6) is 0 Å². The second-order valence-electron chi connectivity index (χ2n) is 7.15. The minimum absolute atomic E-state index is 0.111. The lowest BCUT2D eigenvalue weighted by Gasteiger charge is -2.29. The molecule has 1 aromatic heterocycles. The van der Waals surface area contributed by atoms with E-state index in [1.165, 1.54) is 17.0 Å². The monoisotopic (exact) mass is 387 g/mol. The van der Waals surface area contributed by atoms with Crippen molar-refractivity contribution < 1.29 is 24.7 Å². The van der Waals surface area contributed by atoms with Gasteiger partial charge in [-0.15, -0.1) is 0 Å². The highest BCUT2D eigenvalue weighted by Gasteiger charge is 2.28. The van der Waals surface area contributed by atoms with E-state index in [1.807, 2.05) is 12.1 Å². The minimum Gasteiger partial charge on any atom is -0.545 e. The molecule has 0 radical (unpaired) electrons. The molecule has 6 heteroatoms. The standard InChI is InChI=1S/C23H20N2O4/c1-2-25-12-16(11-14-7-9-15(10-8-14)22(26)27)21-18(13-25)20(23(28)29)17-5-3-4-6-19(17)24-21/h3-11H,2,12-13H2,1H3,(H,26,27)(H,28,29)/p-1/b16-11+. The molecule has 0 saturated carbocycles. The third-order valence-electron chi connectivity index (χ3n) is 5.36. The van der Waals surface area contributed by atoms with Crippen molar-refractivity contribution in [2.75, 3.05) is 13.1 Å². The van der Waals surface area contributed by atoms with E-state index in [2.05, 4.69) is 6.92 Å². The molecule has 29 heavy (non-hydrogen) atoms. The number of fused-ring (bicyclic) bond motifs is 2. The van der Waals surface area contributed by atoms with Crippen LogP contribution in [0.1, 0.15) is 44.5 Å². The van der Waals surface area contributed by atoms with Crippen molar-refractivity contribution >= 4 is 34.5 Å². The number of carboxylic acids is 2. The highest BCUT2D eigenvalue weighted by Crippen LogP contribution is 2.29. The lowest BCUT2D eigenvalue weighted by molar-refractivity contribution is -0.905. The summed E-state index contributed by atoms with van der Waals surface area (Å²) in [5.74, 6) is -2.42. The molecule has 0 spiro atoms. The number of rotatable bonds is 4. The molecule has 1 unspecified atom stereocenters. The zero-order valence-electron chi connectivity index (χ0n) is 15.9. The van der Waals surface area contributed by atoms with Crippen LogP contribution in [0.2, 0.25) is 0 Å². The SMILES string of the molecule is CC[NH+]1C/C(=C\c2ccc(C(=O)[O-])cc2)c2nc3ccccc3c(C(=O)[O-])c2C1. The number of carbonyl (C=O) groups excluding carboxylic acids is 2. The Labute approximate surface area is 167 Å². The van der Waals surface area contributed by atoms with E-state index >= 15 is 0 Å². The van der Waals surface area contributed by atoms with Gasteiger partial charge in [-0.05, 0) is 30.2 Å². The number of quaternary nitrogens is 1. The summed E-state index contributed by atoms with van der Waals surface area (Å²) >= 11 is 0. The van der Waals surface area contributed by atoms with Crippen molar-refractivity contribution in [3.8, 4) is 0 Å². The van der Waals surface area contributed by atoms with Crippen molar-refractivity contribution in [2.24, 2.45) is 0 Å². The predicted octanol–water partition coefficient (Wildman–Crippen LogP) is -0.0792. The number of carboxylic acid groups (broad SMARTS) is 2. The largest absolute Gasteiger partial charge is 0.545 e. The maximum absolute atomic E-state index is 12.0. The zero-order chi connectivity index (χ0) is 20.5. The number of hydrogen-bond acceptors (Lipinski definition) is 5. The number of aromatic carboxylic acids is 2. The average molecular weight is 387 g/mol. The van der Waals surface area contributed by atoms with Crippen LogP contribution < -0.4 is 15.1 Å². The second kappa shape index (κ2) is 7.48. The molecule has 0 bridgehead atoms. The fourth-order valence-corrected chi connectivity index (χ4v) is 3.87. The molecule has 0 amide bonds. The Morgan fingerprint density at radius 3 is 2.41 bits per heavy atom. The first-order valence-electron chi connectivity index (χ1n) is 9.46. The van der Waals surface area contributed by atoms with E-state index in [1.54, 1.807) is 30.3 Å². The summed E-state index contributed by atoms with van der Waals surface area (Å²) in [6, 6.07) is 13.6. The highest BCUT2D eigenvalue weighted by atomic mass is 16.4. The van der Waals surface area contributed by atoms with Crippen LogP contribution in [-0.2, 0) is 6.54 Å². The summed E-state index contributed by atoms with van der Waals surface area (Å²) in [5, 5.41) is 23.6. The number of hydrogen-bond donors (Lipinski definition) is 1. The Morgan fingerprint density at radius 1 is 1.03 bits per heavy atom. The molecular formula is C23H19N2O4-. The molecule has 1 aliphatic heterocycles. The van der Waals surface area contributed by atoms with Crippen LogP contribution in [0, 0.1) is 0 Å². The zero-order valence-corrected chi connectivity index (χ0v) is 15.9. The second-order valence-corrected chi connectivity index (χ2v) is 7.15. The van der Waals surface area contributed by atoms with Gasteiger partial charge in [-0.25, -0.2) is 4.98 Å². The molecule has 0 fully saturated rings. The molecule has 6 nitrogen and oxygen atoms in total. The molecule has 146 valence electrons. The van der Waals surface area contributed by atoms with Gasteiger partial charge in [-0.3, -0.25) is 0 Å². The van der Waals surface area contributed by atoms with Gasteiger partial charge in [0.2, 0.25) is 0 Å². The fourth-order valence-electron chi connectivity index (χ4n) is 3.87. The summed E-state index contributed by atoms with van der Waals surface area (Å²) in [4.78, 5) is 29.0. The molecule has 0 aliphatic carbocycles. The van der Waals surface area contributed by atoms with Gasteiger partial charge in [-0.2, -0.15) is 0 Å². The number of carbonyl (C=O) groups is 2. The van der Waals surface area contributed by atoms with Crippen LogP contribution in [0.3, 0.4) is 0 Å². The smallest absolute Gasteiger partial charge is 0.106 e. The normalized spacial score (nSPS) is 17.3. The Balaban J connectivity index is 1.91. The number of benzene rings is 2. The van der Waals surface area contributed by atoms with Gasteiger partial charge in [0.15, 0.2) is 0 Å². The number of para-hydroxylation sites is 1. The molecule has 2 heterocycles. The van der Waals surface area contributed by atoms with E-state index in [0.717, 1.165) is 17.7 Å². The van der Waals surface area contributed by atoms with Gasteiger partial charge >= 0.3 is 0 Å². The number of pyridine rings is 1. The average Bonchev–Trinajstić information content (AvgIpc) is 2.72. The molecule has 3 aromatic rings. The molecule has 1 aliphatic rings. The summed E-state index contributed by atoms with van der Waals surface area (Å²) < 4.78 is 0. The molecule has 1 N–H and O–H groups in total. The summed E-state index contributed by atoms with van der Waals surface area (Å²) in [5.41, 5.74) is 4.02. The van der Waals surface area contributed by atoms with Crippen molar-refractivity contribution in [3.05, 3.63) is 76.5 Å². The first-order valence-corrected chi connectivity index (χ1v) is 9.46. The van der Waals surface area contributed by atoms with Gasteiger partial charge in [0.25, 0.3) is 0 Å². The Kier molecular flexibility index (Phi) is 4.86. The van der Waals surface area contributed by atoms with Crippen LogP contribution in [0.4, 0.5) is 0 Å². The van der Waals surface area contributed by atoms with E-state index in [0.29, 0.717) is 35.2 Å². The van der Waals surface area contributed by atoms with Crippen molar-refractivity contribution in [1.29, 1.82) is 0 Å². The van der Waals surface area contributed by atoms with E-state index < -0.39 is 11.9 Å². The molecule has 2 aromatic carbocycles. The summed E-state index contributed by atoms with van der Waals surface area (Å²) in [6.45, 7) is 4.15. The van der Waals surface area contributed by atoms with E-state index in [9.17, 15) is 19.8 Å².